The third kappa shape index (κ3) is 1.48. The number of carboxylic acids is 1. The molecule has 0 aromatic heterocycles. The van der Waals surface area contributed by atoms with E-state index in [2.05, 4.69) is 0 Å². The third-order valence-electron chi connectivity index (χ3n) is 1.30. The van der Waals surface area contributed by atoms with Crippen LogP contribution in [0.1, 0.15) is 10.4 Å². The minimum Gasteiger partial charge on any atom is -0.478 e. The van der Waals surface area contributed by atoms with Gasteiger partial charge in [0, 0.05) is 0 Å². The molecule has 0 bridgehead atoms. The minimum absolute atomic E-state index is 0.126. The smallest absolute Gasteiger partial charge is 0.335 e. The first kappa shape index (κ1) is 8.80. The van der Waals surface area contributed by atoms with Crippen LogP contribution in [0.3, 0.4) is 0 Å². The highest BCUT2D eigenvalue weighted by Gasteiger charge is 2.10. The number of hydrogen-bond donors (Lipinski definition) is 2. The van der Waals surface area contributed by atoms with Crippen molar-refractivity contribution >= 4 is 23.3 Å². The summed E-state index contributed by atoms with van der Waals surface area (Å²) in [6.45, 7) is 0. The van der Waals surface area contributed by atoms with E-state index >= 15 is 0 Å². The van der Waals surface area contributed by atoms with Crippen LogP contribution in [-0.4, -0.2) is 11.1 Å². The van der Waals surface area contributed by atoms with Crippen LogP contribution in [-0.2, 0) is 0 Å². The van der Waals surface area contributed by atoms with Crippen molar-refractivity contribution in [1.29, 1.82) is 0 Å². The predicted octanol–water partition coefficient (Wildman–Crippen LogP) is 1.76. The van der Waals surface area contributed by atoms with Crippen LogP contribution in [0.2, 0.25) is 5.02 Å². The van der Waals surface area contributed by atoms with Gasteiger partial charge in [0.25, 0.3) is 0 Å². The van der Waals surface area contributed by atoms with Crippen molar-refractivity contribution in [3.63, 3.8) is 0 Å². The van der Waals surface area contributed by atoms with Gasteiger partial charge in [0.1, 0.15) is 0 Å². The zero-order valence-corrected chi connectivity index (χ0v) is 6.60. The molecular formula is C7H5ClFNO2. The van der Waals surface area contributed by atoms with Crippen LogP contribution in [0, 0.1) is 5.82 Å². The molecule has 3 N–H and O–H groups in total. The first-order valence-corrected chi connectivity index (χ1v) is 3.38. The van der Waals surface area contributed by atoms with E-state index in [0.29, 0.717) is 0 Å². The lowest BCUT2D eigenvalue weighted by Gasteiger charge is -2.00. The number of nitrogens with two attached hydrogens (primary N) is 1. The molecule has 1 rings (SSSR count). The third-order valence-corrected chi connectivity index (χ3v) is 1.58. The van der Waals surface area contributed by atoms with Gasteiger partial charge in [-0.05, 0) is 12.1 Å². The molecule has 0 amide bonds. The van der Waals surface area contributed by atoms with Gasteiger partial charge in [-0.25, -0.2) is 9.18 Å². The first-order chi connectivity index (χ1) is 5.52. The van der Waals surface area contributed by atoms with Gasteiger partial charge in [0.05, 0.1) is 16.3 Å². The average Bonchev–Trinajstić information content (AvgIpc) is 1.99. The number of hydrogen-bond acceptors (Lipinski definition) is 2. The molecule has 12 heavy (non-hydrogen) atoms. The lowest BCUT2D eigenvalue weighted by molar-refractivity contribution is 0.0697. The summed E-state index contributed by atoms with van der Waals surface area (Å²) < 4.78 is 12.7. The molecule has 0 aliphatic carbocycles. The maximum Gasteiger partial charge on any atom is 0.335 e. The Bertz CT molecular complexity index is 317. The maximum absolute atomic E-state index is 12.7. The number of aromatic carboxylic acids is 1. The monoisotopic (exact) mass is 189 g/mol. The second kappa shape index (κ2) is 2.98. The van der Waals surface area contributed by atoms with Crippen LogP contribution < -0.4 is 5.73 Å². The topological polar surface area (TPSA) is 63.3 Å². The summed E-state index contributed by atoms with van der Waals surface area (Å²) >= 11 is 5.34. The highest BCUT2D eigenvalue weighted by molar-refractivity contribution is 6.31. The van der Waals surface area contributed by atoms with E-state index in [-0.39, 0.29) is 16.3 Å². The zero-order valence-electron chi connectivity index (χ0n) is 5.84. The number of carboxylic acid groups (broad SMARTS) is 1. The molecule has 3 nitrogen and oxygen atoms in total. The van der Waals surface area contributed by atoms with Gasteiger partial charge < -0.3 is 10.8 Å². The molecule has 64 valence electrons. The minimum atomic E-state index is -1.19. The van der Waals surface area contributed by atoms with Crippen molar-refractivity contribution in [1.82, 2.24) is 0 Å². The molecular weight excluding hydrogens is 185 g/mol. The Morgan fingerprint density at radius 3 is 2.58 bits per heavy atom. The van der Waals surface area contributed by atoms with Crippen LogP contribution >= 0.6 is 11.6 Å². The summed E-state index contributed by atoms with van der Waals surface area (Å²) in [6, 6.07) is 2.03. The van der Waals surface area contributed by atoms with Crippen molar-refractivity contribution in [2.75, 3.05) is 5.73 Å². The standard InChI is InChI=1S/C7H5ClFNO2/c8-4-1-3(7(11)12)2-5(10)6(4)9/h1-2H,10H2,(H,11,12). The Kier molecular flexibility index (Phi) is 2.19. The fourth-order valence-electron chi connectivity index (χ4n) is 0.734. The SMILES string of the molecule is Nc1cc(C(=O)O)cc(Cl)c1F. The summed E-state index contributed by atoms with van der Waals surface area (Å²) in [6.07, 6.45) is 0. The van der Waals surface area contributed by atoms with E-state index in [1.807, 2.05) is 0 Å². The number of nitrogen functional groups attached to an aromatic ring is 1. The Labute approximate surface area is 72.6 Å². The maximum atomic E-state index is 12.7. The molecule has 0 unspecified atom stereocenters. The van der Waals surface area contributed by atoms with E-state index in [1.165, 1.54) is 0 Å². The molecule has 0 fully saturated rings. The number of rotatable bonds is 1. The number of anilines is 1. The van der Waals surface area contributed by atoms with Crippen molar-refractivity contribution < 1.29 is 14.3 Å². The molecule has 1 aromatic carbocycles. The van der Waals surface area contributed by atoms with Gasteiger partial charge >= 0.3 is 5.97 Å². The second-order valence-electron chi connectivity index (χ2n) is 2.17. The molecule has 5 heteroatoms. The van der Waals surface area contributed by atoms with E-state index < -0.39 is 11.8 Å². The van der Waals surface area contributed by atoms with Gasteiger partial charge in [0.2, 0.25) is 0 Å². The van der Waals surface area contributed by atoms with Gasteiger partial charge in [0.15, 0.2) is 5.82 Å². The summed E-state index contributed by atoms with van der Waals surface area (Å²) in [4.78, 5) is 10.4. The summed E-state index contributed by atoms with van der Waals surface area (Å²) in [5.74, 6) is -1.98. The fourth-order valence-corrected chi connectivity index (χ4v) is 0.960. The normalized spacial score (nSPS) is 9.83. The van der Waals surface area contributed by atoms with Crippen molar-refractivity contribution in [2.24, 2.45) is 0 Å². The van der Waals surface area contributed by atoms with Crippen LogP contribution in [0.5, 0.6) is 0 Å². The Balaban J connectivity index is 3.31. The van der Waals surface area contributed by atoms with Gasteiger partial charge in [-0.1, -0.05) is 11.6 Å². The van der Waals surface area contributed by atoms with E-state index in [0.717, 1.165) is 12.1 Å². The first-order valence-electron chi connectivity index (χ1n) is 3.00. The predicted molar refractivity (Wildman–Crippen MR) is 42.8 cm³/mol. The molecule has 0 aliphatic heterocycles. The van der Waals surface area contributed by atoms with Crippen LogP contribution in [0.15, 0.2) is 12.1 Å². The van der Waals surface area contributed by atoms with Gasteiger partial charge in [-0.3, -0.25) is 0 Å². The Hall–Kier alpha value is -1.29. The van der Waals surface area contributed by atoms with Gasteiger partial charge in [-0.15, -0.1) is 0 Å². The Morgan fingerprint density at radius 2 is 2.17 bits per heavy atom. The molecule has 0 atom stereocenters. The lowest BCUT2D eigenvalue weighted by Crippen LogP contribution is -2.00. The summed E-state index contributed by atoms with van der Waals surface area (Å²) in [5.41, 5.74) is 4.75. The van der Waals surface area contributed by atoms with Crippen molar-refractivity contribution in [3.8, 4) is 0 Å². The fraction of sp³-hybridized carbons (Fsp3) is 0. The van der Waals surface area contributed by atoms with E-state index in [9.17, 15) is 9.18 Å². The highest BCUT2D eigenvalue weighted by atomic mass is 35.5. The van der Waals surface area contributed by atoms with Crippen LogP contribution in [0.25, 0.3) is 0 Å². The lowest BCUT2D eigenvalue weighted by atomic mass is 10.2. The zero-order chi connectivity index (χ0) is 9.30. The van der Waals surface area contributed by atoms with Crippen molar-refractivity contribution in [3.05, 3.63) is 28.5 Å². The summed E-state index contributed by atoms with van der Waals surface area (Å²) in [5, 5.41) is 8.20. The van der Waals surface area contributed by atoms with Crippen molar-refractivity contribution in [2.45, 2.75) is 0 Å². The molecule has 0 saturated carbocycles. The van der Waals surface area contributed by atoms with E-state index in [1.54, 1.807) is 0 Å². The molecule has 0 radical (unpaired) electrons. The summed E-state index contributed by atoms with van der Waals surface area (Å²) in [7, 11) is 0. The quantitative estimate of drug-likeness (QED) is 0.662. The second-order valence-corrected chi connectivity index (χ2v) is 2.57. The Morgan fingerprint density at radius 1 is 1.58 bits per heavy atom. The molecule has 0 aliphatic rings. The molecule has 0 heterocycles. The average molecular weight is 190 g/mol. The molecule has 0 saturated heterocycles. The number of halogens is 2. The number of benzene rings is 1. The molecule has 0 spiro atoms. The largest absolute Gasteiger partial charge is 0.478 e. The van der Waals surface area contributed by atoms with Crippen LogP contribution in [0.4, 0.5) is 10.1 Å². The highest BCUT2D eigenvalue weighted by Crippen LogP contribution is 2.22. The van der Waals surface area contributed by atoms with E-state index in [4.69, 9.17) is 22.4 Å². The number of carbonyl (C=O) groups is 1. The molecule has 1 aromatic rings. The van der Waals surface area contributed by atoms with Gasteiger partial charge in [-0.2, -0.15) is 0 Å².